The molecule has 2 heterocycles. The zero-order valence-corrected chi connectivity index (χ0v) is 14.9. The average molecular weight is 357 g/mol. The summed E-state index contributed by atoms with van der Waals surface area (Å²) in [6.07, 6.45) is 4.03. The lowest BCUT2D eigenvalue weighted by atomic mass is 10.1. The van der Waals surface area contributed by atoms with Crippen LogP contribution in [0.4, 0.5) is 5.69 Å². The smallest absolute Gasteiger partial charge is 0.262 e. The van der Waals surface area contributed by atoms with Crippen molar-refractivity contribution < 1.29 is 9.53 Å². The molecule has 134 valence electrons. The third-order valence-electron chi connectivity index (χ3n) is 4.15. The number of aromatic nitrogens is 2. The van der Waals surface area contributed by atoms with E-state index in [1.807, 2.05) is 90.4 Å². The van der Waals surface area contributed by atoms with Gasteiger partial charge in [-0.2, -0.15) is 0 Å². The van der Waals surface area contributed by atoms with Crippen molar-refractivity contribution in [1.29, 1.82) is 0 Å². The van der Waals surface area contributed by atoms with Crippen LogP contribution in [0.5, 0.6) is 5.75 Å². The van der Waals surface area contributed by atoms with Crippen LogP contribution in [-0.2, 0) is 4.79 Å². The minimum Gasteiger partial charge on any atom is -0.484 e. The lowest BCUT2D eigenvalue weighted by molar-refractivity contribution is -0.118. The van der Waals surface area contributed by atoms with E-state index in [1.165, 1.54) is 5.56 Å². The first-order chi connectivity index (χ1) is 13.2. The summed E-state index contributed by atoms with van der Waals surface area (Å²) in [6.45, 7) is 2.01. The van der Waals surface area contributed by atoms with Crippen LogP contribution >= 0.6 is 0 Å². The largest absolute Gasteiger partial charge is 0.484 e. The maximum absolute atomic E-state index is 12.2. The van der Waals surface area contributed by atoms with Crippen LogP contribution in [0.3, 0.4) is 0 Å². The number of carbonyl (C=O) groups excluding carboxylic acids is 1. The van der Waals surface area contributed by atoms with Crippen LogP contribution in [0.25, 0.3) is 16.9 Å². The quantitative estimate of drug-likeness (QED) is 0.578. The number of hydrogen-bond donors (Lipinski definition) is 1. The third-order valence-corrected chi connectivity index (χ3v) is 4.15. The van der Waals surface area contributed by atoms with Gasteiger partial charge in [0.05, 0.1) is 5.69 Å². The average Bonchev–Trinajstić information content (AvgIpc) is 3.11. The van der Waals surface area contributed by atoms with Crippen LogP contribution in [0, 0.1) is 6.92 Å². The van der Waals surface area contributed by atoms with E-state index < -0.39 is 0 Å². The number of carbonyl (C=O) groups is 1. The Morgan fingerprint density at radius 3 is 2.74 bits per heavy atom. The lowest BCUT2D eigenvalue weighted by Crippen LogP contribution is -2.20. The second-order valence-electron chi connectivity index (χ2n) is 6.33. The molecule has 0 spiro atoms. The summed E-state index contributed by atoms with van der Waals surface area (Å²) in [7, 11) is 0. The molecule has 0 radical (unpaired) electrons. The van der Waals surface area contributed by atoms with Gasteiger partial charge in [-0.3, -0.25) is 4.79 Å². The van der Waals surface area contributed by atoms with E-state index in [4.69, 9.17) is 4.74 Å². The molecule has 0 fully saturated rings. The van der Waals surface area contributed by atoms with E-state index in [-0.39, 0.29) is 12.5 Å². The van der Waals surface area contributed by atoms with Gasteiger partial charge in [-0.25, -0.2) is 4.98 Å². The minimum absolute atomic E-state index is 0.0398. The number of pyridine rings is 1. The van der Waals surface area contributed by atoms with Crippen LogP contribution < -0.4 is 10.1 Å². The Kier molecular flexibility index (Phi) is 4.58. The molecule has 0 unspecified atom stereocenters. The number of benzene rings is 2. The molecule has 27 heavy (non-hydrogen) atoms. The number of aryl methyl sites for hydroxylation is 1. The molecule has 1 amide bonds. The van der Waals surface area contributed by atoms with Gasteiger partial charge in [0, 0.05) is 23.6 Å². The van der Waals surface area contributed by atoms with Crippen molar-refractivity contribution in [2.75, 3.05) is 11.9 Å². The molecule has 2 aromatic carbocycles. The van der Waals surface area contributed by atoms with Crippen molar-refractivity contribution in [2.24, 2.45) is 0 Å². The van der Waals surface area contributed by atoms with E-state index in [0.29, 0.717) is 11.4 Å². The molecule has 0 saturated carbocycles. The molecule has 0 bridgehead atoms. The van der Waals surface area contributed by atoms with Crippen molar-refractivity contribution in [3.05, 3.63) is 84.7 Å². The monoisotopic (exact) mass is 357 g/mol. The van der Waals surface area contributed by atoms with Crippen LogP contribution in [0.2, 0.25) is 0 Å². The molecule has 5 heteroatoms. The Balaban J connectivity index is 1.47. The first-order valence-corrected chi connectivity index (χ1v) is 8.71. The van der Waals surface area contributed by atoms with E-state index in [1.54, 1.807) is 0 Å². The zero-order valence-electron chi connectivity index (χ0n) is 14.9. The Morgan fingerprint density at radius 2 is 1.89 bits per heavy atom. The highest BCUT2D eigenvalue weighted by Gasteiger charge is 2.08. The van der Waals surface area contributed by atoms with Crippen molar-refractivity contribution >= 4 is 17.2 Å². The molecule has 4 rings (SSSR count). The number of hydrogen-bond acceptors (Lipinski definition) is 3. The predicted molar refractivity (Wildman–Crippen MR) is 106 cm³/mol. The Bertz CT molecular complexity index is 1090. The van der Waals surface area contributed by atoms with Gasteiger partial charge in [0.1, 0.15) is 11.4 Å². The fourth-order valence-corrected chi connectivity index (χ4v) is 2.86. The molecule has 1 N–H and O–H groups in total. The van der Waals surface area contributed by atoms with Gasteiger partial charge < -0.3 is 14.5 Å². The van der Waals surface area contributed by atoms with Crippen molar-refractivity contribution in [3.8, 4) is 17.0 Å². The van der Waals surface area contributed by atoms with Gasteiger partial charge in [0.15, 0.2) is 6.61 Å². The second-order valence-corrected chi connectivity index (χ2v) is 6.33. The molecule has 0 saturated heterocycles. The highest BCUT2D eigenvalue weighted by molar-refractivity contribution is 5.92. The summed E-state index contributed by atoms with van der Waals surface area (Å²) in [5.74, 6) is 0.461. The topological polar surface area (TPSA) is 55.6 Å². The maximum Gasteiger partial charge on any atom is 0.262 e. The number of nitrogens with zero attached hydrogens (tertiary/aromatic N) is 2. The summed E-state index contributed by atoms with van der Waals surface area (Å²) in [5, 5.41) is 2.87. The molecular weight excluding hydrogens is 338 g/mol. The molecule has 4 aromatic rings. The molecule has 5 nitrogen and oxygen atoms in total. The van der Waals surface area contributed by atoms with E-state index in [2.05, 4.69) is 10.3 Å². The summed E-state index contributed by atoms with van der Waals surface area (Å²) >= 11 is 0. The number of para-hydroxylation sites is 1. The number of ether oxygens (including phenoxy) is 1. The first-order valence-electron chi connectivity index (χ1n) is 8.71. The van der Waals surface area contributed by atoms with E-state index >= 15 is 0 Å². The number of imidazole rings is 1. The summed E-state index contributed by atoms with van der Waals surface area (Å²) in [5.41, 5.74) is 4.57. The summed E-state index contributed by atoms with van der Waals surface area (Å²) in [6, 6.07) is 20.9. The molecule has 0 atom stereocenters. The summed E-state index contributed by atoms with van der Waals surface area (Å²) < 4.78 is 7.48. The number of rotatable bonds is 5. The van der Waals surface area contributed by atoms with Gasteiger partial charge in [-0.15, -0.1) is 0 Å². The van der Waals surface area contributed by atoms with Gasteiger partial charge in [0.2, 0.25) is 0 Å². The second kappa shape index (κ2) is 7.33. The number of anilines is 1. The number of amides is 1. The highest BCUT2D eigenvalue weighted by atomic mass is 16.5. The summed E-state index contributed by atoms with van der Waals surface area (Å²) in [4.78, 5) is 16.8. The fraction of sp³-hybridized carbons (Fsp3) is 0.0909. The highest BCUT2D eigenvalue weighted by Crippen LogP contribution is 2.23. The zero-order chi connectivity index (χ0) is 18.6. The number of nitrogens with one attached hydrogen (secondary N) is 1. The fourth-order valence-electron chi connectivity index (χ4n) is 2.86. The standard InChI is InChI=1S/C22H19N3O2/c1-16-10-11-21-24-20(14-25(21)13-16)17-6-5-7-18(12-17)23-22(26)15-27-19-8-3-2-4-9-19/h2-14H,15H2,1H3,(H,23,26). The van der Waals surface area contributed by atoms with Gasteiger partial charge in [0.25, 0.3) is 5.91 Å². The van der Waals surface area contributed by atoms with Gasteiger partial charge >= 0.3 is 0 Å². The Labute approximate surface area is 157 Å². The SMILES string of the molecule is Cc1ccc2nc(-c3cccc(NC(=O)COc4ccccc4)c3)cn2c1. The van der Waals surface area contributed by atoms with Crippen LogP contribution in [0.15, 0.2) is 79.1 Å². The van der Waals surface area contributed by atoms with E-state index in [9.17, 15) is 4.79 Å². The maximum atomic E-state index is 12.2. The third kappa shape index (κ3) is 3.98. The molecule has 2 aromatic heterocycles. The lowest BCUT2D eigenvalue weighted by Gasteiger charge is -2.08. The molecule has 0 aliphatic rings. The van der Waals surface area contributed by atoms with Crippen LogP contribution in [0.1, 0.15) is 5.56 Å². The molecule has 0 aliphatic carbocycles. The minimum atomic E-state index is -0.207. The van der Waals surface area contributed by atoms with Crippen LogP contribution in [-0.4, -0.2) is 21.9 Å². The Hall–Kier alpha value is -3.60. The van der Waals surface area contributed by atoms with Crippen molar-refractivity contribution in [1.82, 2.24) is 9.38 Å². The van der Waals surface area contributed by atoms with Gasteiger partial charge in [-0.05, 0) is 42.8 Å². The molecular formula is C22H19N3O2. The first kappa shape index (κ1) is 16.8. The van der Waals surface area contributed by atoms with E-state index in [0.717, 1.165) is 16.9 Å². The Morgan fingerprint density at radius 1 is 1.04 bits per heavy atom. The number of fused-ring (bicyclic) bond motifs is 1. The van der Waals surface area contributed by atoms with Crippen molar-refractivity contribution in [3.63, 3.8) is 0 Å². The normalized spacial score (nSPS) is 10.7. The van der Waals surface area contributed by atoms with Crippen molar-refractivity contribution in [2.45, 2.75) is 6.92 Å². The van der Waals surface area contributed by atoms with Gasteiger partial charge in [-0.1, -0.05) is 36.4 Å². The predicted octanol–water partition coefficient (Wildman–Crippen LogP) is 4.33. The molecule has 0 aliphatic heterocycles.